The summed E-state index contributed by atoms with van der Waals surface area (Å²) in [5.74, 6) is 2.56. The maximum absolute atomic E-state index is 5.80. The van der Waals surface area contributed by atoms with Crippen molar-refractivity contribution in [1.82, 2.24) is 5.16 Å². The number of aromatic nitrogens is 1. The molecule has 2 heterocycles. The lowest BCUT2D eigenvalue weighted by Crippen LogP contribution is -1.98. The van der Waals surface area contributed by atoms with Crippen LogP contribution in [-0.2, 0) is 6.42 Å². The molecule has 2 N–H and O–H groups in total. The summed E-state index contributed by atoms with van der Waals surface area (Å²) in [4.78, 5) is 0. The third kappa shape index (κ3) is 1.96. The molecule has 2 rings (SSSR count). The number of aryl methyl sites for hydroxylation is 1. The number of rotatable bonds is 3. The van der Waals surface area contributed by atoms with Crippen molar-refractivity contribution in [3.63, 3.8) is 0 Å². The monoisotopic (exact) mass is 220 g/mol. The van der Waals surface area contributed by atoms with E-state index in [-0.39, 0.29) is 0 Å². The number of nitrogens with two attached hydrogens (primary N) is 1. The van der Waals surface area contributed by atoms with Gasteiger partial charge in [0.15, 0.2) is 11.6 Å². The van der Waals surface area contributed by atoms with Crippen LogP contribution in [0.2, 0.25) is 0 Å². The number of furan rings is 1. The predicted octanol–water partition coefficient (Wildman–Crippen LogP) is 3.02. The lowest BCUT2D eigenvalue weighted by atomic mass is 10.0. The maximum Gasteiger partial charge on any atom is 0.175 e. The highest BCUT2D eigenvalue weighted by atomic mass is 16.5. The molecule has 4 nitrogen and oxygen atoms in total. The molecule has 2 aromatic heterocycles. The van der Waals surface area contributed by atoms with Crippen LogP contribution in [0.1, 0.15) is 25.2 Å². The van der Waals surface area contributed by atoms with Gasteiger partial charge in [-0.05, 0) is 25.3 Å². The Morgan fingerprint density at radius 1 is 1.44 bits per heavy atom. The Morgan fingerprint density at radius 3 is 2.75 bits per heavy atom. The van der Waals surface area contributed by atoms with Crippen molar-refractivity contribution in [2.75, 3.05) is 5.73 Å². The second-order valence-electron chi connectivity index (χ2n) is 4.42. The molecule has 0 saturated heterocycles. The highest BCUT2D eigenvalue weighted by molar-refractivity contribution is 5.65. The van der Waals surface area contributed by atoms with Gasteiger partial charge in [0.2, 0.25) is 0 Å². The van der Waals surface area contributed by atoms with Crippen molar-refractivity contribution in [3.8, 4) is 11.3 Å². The van der Waals surface area contributed by atoms with Crippen LogP contribution < -0.4 is 5.73 Å². The Morgan fingerprint density at radius 2 is 2.19 bits per heavy atom. The Kier molecular flexibility index (Phi) is 2.73. The summed E-state index contributed by atoms with van der Waals surface area (Å²) in [7, 11) is 0. The van der Waals surface area contributed by atoms with Gasteiger partial charge in [-0.1, -0.05) is 19.0 Å². The van der Waals surface area contributed by atoms with Crippen molar-refractivity contribution in [3.05, 3.63) is 23.7 Å². The molecular weight excluding hydrogens is 204 g/mol. The fraction of sp³-hybridized carbons (Fsp3) is 0.417. The number of anilines is 1. The van der Waals surface area contributed by atoms with E-state index in [1.54, 1.807) is 6.26 Å². The molecule has 0 aliphatic heterocycles. The minimum Gasteiger partial charge on any atom is -0.469 e. The van der Waals surface area contributed by atoms with Gasteiger partial charge in [0, 0.05) is 5.56 Å². The van der Waals surface area contributed by atoms with Crippen LogP contribution in [0.3, 0.4) is 0 Å². The number of nitrogen functional groups attached to an aromatic ring is 1. The summed E-state index contributed by atoms with van der Waals surface area (Å²) >= 11 is 0. The molecule has 0 fully saturated rings. The zero-order valence-electron chi connectivity index (χ0n) is 9.78. The summed E-state index contributed by atoms with van der Waals surface area (Å²) in [5, 5.41) is 3.82. The Balaban J connectivity index is 2.41. The molecule has 86 valence electrons. The molecule has 16 heavy (non-hydrogen) atoms. The molecule has 0 aliphatic carbocycles. The molecule has 2 aromatic rings. The first-order chi connectivity index (χ1) is 7.58. The lowest BCUT2D eigenvalue weighted by Gasteiger charge is -2.03. The molecule has 0 radical (unpaired) electrons. The topological polar surface area (TPSA) is 65.2 Å². The molecule has 0 spiro atoms. The van der Waals surface area contributed by atoms with Gasteiger partial charge in [-0.15, -0.1) is 0 Å². The van der Waals surface area contributed by atoms with Gasteiger partial charge in [0.1, 0.15) is 12.0 Å². The van der Waals surface area contributed by atoms with Crippen LogP contribution in [-0.4, -0.2) is 5.16 Å². The molecule has 4 heteroatoms. The van der Waals surface area contributed by atoms with Crippen molar-refractivity contribution in [1.29, 1.82) is 0 Å². The van der Waals surface area contributed by atoms with Gasteiger partial charge in [-0.3, -0.25) is 0 Å². The smallest absolute Gasteiger partial charge is 0.175 e. The Bertz CT molecular complexity index is 483. The molecule has 0 amide bonds. The highest BCUT2D eigenvalue weighted by Gasteiger charge is 2.17. The fourth-order valence-electron chi connectivity index (χ4n) is 1.72. The van der Waals surface area contributed by atoms with Gasteiger partial charge in [0.05, 0.1) is 5.56 Å². The van der Waals surface area contributed by atoms with E-state index < -0.39 is 0 Å². The van der Waals surface area contributed by atoms with E-state index >= 15 is 0 Å². The zero-order chi connectivity index (χ0) is 11.7. The summed E-state index contributed by atoms with van der Waals surface area (Å²) in [5.41, 5.74) is 7.67. The first kappa shape index (κ1) is 10.8. The number of hydrogen-bond acceptors (Lipinski definition) is 4. The maximum atomic E-state index is 5.80. The van der Waals surface area contributed by atoms with E-state index in [4.69, 9.17) is 14.7 Å². The van der Waals surface area contributed by atoms with Crippen LogP contribution in [0.5, 0.6) is 0 Å². The molecule has 0 aromatic carbocycles. The zero-order valence-corrected chi connectivity index (χ0v) is 9.78. The molecule has 0 aliphatic rings. The standard InChI is InChI=1S/C12H16N2O2/c1-7(2)4-10-11(16-14-12(10)13)9-5-8(3)15-6-9/h5-7H,4H2,1-3H3,(H2,13,14). The normalized spacial score (nSPS) is 11.2. The van der Waals surface area contributed by atoms with Crippen LogP contribution in [0.15, 0.2) is 21.3 Å². The fourth-order valence-corrected chi connectivity index (χ4v) is 1.72. The van der Waals surface area contributed by atoms with Crippen LogP contribution in [0.4, 0.5) is 5.82 Å². The van der Waals surface area contributed by atoms with E-state index in [1.165, 1.54) is 0 Å². The quantitative estimate of drug-likeness (QED) is 0.863. The second-order valence-corrected chi connectivity index (χ2v) is 4.42. The first-order valence-electron chi connectivity index (χ1n) is 5.37. The summed E-state index contributed by atoms with van der Waals surface area (Å²) in [6.07, 6.45) is 2.52. The average Bonchev–Trinajstić information content (AvgIpc) is 2.75. The van der Waals surface area contributed by atoms with Gasteiger partial charge in [-0.2, -0.15) is 0 Å². The van der Waals surface area contributed by atoms with E-state index in [2.05, 4.69) is 19.0 Å². The van der Waals surface area contributed by atoms with Crippen molar-refractivity contribution < 1.29 is 8.94 Å². The number of nitrogens with zero attached hydrogens (tertiary/aromatic N) is 1. The van der Waals surface area contributed by atoms with E-state index in [0.717, 1.165) is 29.1 Å². The third-order valence-corrected chi connectivity index (χ3v) is 2.42. The summed E-state index contributed by atoms with van der Waals surface area (Å²) < 4.78 is 10.5. The lowest BCUT2D eigenvalue weighted by molar-refractivity contribution is 0.433. The van der Waals surface area contributed by atoms with E-state index in [0.29, 0.717) is 11.7 Å². The van der Waals surface area contributed by atoms with Gasteiger partial charge in [0.25, 0.3) is 0 Å². The molecule has 0 atom stereocenters. The van der Waals surface area contributed by atoms with Crippen LogP contribution in [0, 0.1) is 12.8 Å². The summed E-state index contributed by atoms with van der Waals surface area (Å²) in [6.45, 7) is 6.17. The van der Waals surface area contributed by atoms with Crippen molar-refractivity contribution >= 4 is 5.82 Å². The SMILES string of the molecule is Cc1cc(-c2onc(N)c2CC(C)C)co1. The minimum atomic E-state index is 0.475. The van der Waals surface area contributed by atoms with Gasteiger partial charge >= 0.3 is 0 Å². The first-order valence-corrected chi connectivity index (χ1v) is 5.37. The highest BCUT2D eigenvalue weighted by Crippen LogP contribution is 2.30. The Hall–Kier alpha value is -1.71. The molecule has 0 saturated carbocycles. The molecule has 0 unspecified atom stereocenters. The predicted molar refractivity (Wildman–Crippen MR) is 61.9 cm³/mol. The van der Waals surface area contributed by atoms with Crippen molar-refractivity contribution in [2.24, 2.45) is 5.92 Å². The number of hydrogen-bond donors (Lipinski definition) is 1. The van der Waals surface area contributed by atoms with E-state index in [1.807, 2.05) is 13.0 Å². The van der Waals surface area contributed by atoms with Crippen LogP contribution in [0.25, 0.3) is 11.3 Å². The minimum absolute atomic E-state index is 0.475. The van der Waals surface area contributed by atoms with Gasteiger partial charge < -0.3 is 14.7 Å². The van der Waals surface area contributed by atoms with E-state index in [9.17, 15) is 0 Å². The summed E-state index contributed by atoms with van der Waals surface area (Å²) in [6, 6.07) is 1.92. The van der Waals surface area contributed by atoms with Crippen molar-refractivity contribution in [2.45, 2.75) is 27.2 Å². The molecular formula is C12H16N2O2. The van der Waals surface area contributed by atoms with Gasteiger partial charge in [-0.25, -0.2) is 0 Å². The average molecular weight is 220 g/mol. The second kappa shape index (κ2) is 4.04. The largest absolute Gasteiger partial charge is 0.469 e. The molecule has 0 bridgehead atoms. The van der Waals surface area contributed by atoms with Crippen LogP contribution >= 0.6 is 0 Å². The third-order valence-electron chi connectivity index (χ3n) is 2.42. The Labute approximate surface area is 94.4 Å².